The molecule has 2 unspecified atom stereocenters. The molecule has 6 nitrogen and oxygen atoms in total. The predicted molar refractivity (Wildman–Crippen MR) is 105 cm³/mol. The maximum atomic E-state index is 13.1. The van der Waals surface area contributed by atoms with Gasteiger partial charge in [-0.1, -0.05) is 13.8 Å². The molecule has 2 saturated heterocycles. The number of hydrogen-bond acceptors (Lipinski definition) is 4. The Labute approximate surface area is 164 Å². The van der Waals surface area contributed by atoms with E-state index in [9.17, 15) is 9.59 Å². The lowest BCUT2D eigenvalue weighted by molar-refractivity contribution is -0.166. The topological polar surface area (TPSA) is 59.1 Å². The molecule has 27 heavy (non-hydrogen) atoms. The van der Waals surface area contributed by atoms with Crippen LogP contribution in [0.15, 0.2) is 0 Å². The van der Waals surface area contributed by atoms with Crippen molar-refractivity contribution in [1.29, 1.82) is 0 Å². The van der Waals surface area contributed by atoms with Gasteiger partial charge in [-0.25, -0.2) is 0 Å². The second-order valence-corrected chi connectivity index (χ2v) is 10.2. The number of hydrogen-bond donors (Lipinski definition) is 0. The Morgan fingerprint density at radius 2 is 1.37 bits per heavy atom. The third kappa shape index (κ3) is 5.92. The first-order chi connectivity index (χ1) is 12.2. The van der Waals surface area contributed by atoms with Crippen LogP contribution in [0.5, 0.6) is 0 Å². The Morgan fingerprint density at radius 1 is 0.926 bits per heavy atom. The van der Waals surface area contributed by atoms with Gasteiger partial charge in [0.1, 0.15) is 0 Å². The van der Waals surface area contributed by atoms with Crippen molar-refractivity contribution in [2.75, 3.05) is 26.2 Å². The van der Waals surface area contributed by atoms with E-state index in [4.69, 9.17) is 9.47 Å². The molecule has 0 aromatic carbocycles. The van der Waals surface area contributed by atoms with Crippen molar-refractivity contribution in [3.05, 3.63) is 0 Å². The summed E-state index contributed by atoms with van der Waals surface area (Å²) >= 11 is 0. The lowest BCUT2D eigenvalue weighted by Crippen LogP contribution is -2.56. The van der Waals surface area contributed by atoms with E-state index in [1.807, 2.05) is 65.2 Å². The zero-order chi connectivity index (χ0) is 20.6. The van der Waals surface area contributed by atoms with E-state index < -0.39 is 5.41 Å². The summed E-state index contributed by atoms with van der Waals surface area (Å²) in [6.45, 7) is 18.3. The molecule has 2 rings (SSSR count). The van der Waals surface area contributed by atoms with Gasteiger partial charge < -0.3 is 19.3 Å². The molecule has 0 N–H and O–H groups in total. The molecule has 0 saturated carbocycles. The molecule has 2 aliphatic heterocycles. The molecule has 2 amide bonds. The lowest BCUT2D eigenvalue weighted by atomic mass is 9.85. The second-order valence-electron chi connectivity index (χ2n) is 10.2. The first-order valence-electron chi connectivity index (χ1n) is 10.1. The van der Waals surface area contributed by atoms with Crippen LogP contribution in [-0.2, 0) is 19.1 Å². The fraction of sp³-hybridized carbons (Fsp3) is 0.905. The molecule has 0 aromatic rings. The van der Waals surface area contributed by atoms with Gasteiger partial charge in [0.25, 0.3) is 0 Å². The number of rotatable bonds is 4. The third-order valence-electron chi connectivity index (χ3n) is 5.32. The minimum Gasteiger partial charge on any atom is -0.369 e. The molecule has 0 aliphatic carbocycles. The summed E-state index contributed by atoms with van der Waals surface area (Å²) in [5, 5.41) is 0. The third-order valence-corrected chi connectivity index (χ3v) is 5.32. The molecular weight excluding hydrogens is 344 g/mol. The molecule has 156 valence electrons. The van der Waals surface area contributed by atoms with Gasteiger partial charge in [-0.2, -0.15) is 0 Å². The highest BCUT2D eigenvalue weighted by atomic mass is 16.5. The molecule has 0 radical (unpaired) electrons. The number of carbonyl (C=O) groups excluding carboxylic acids is 2. The summed E-state index contributed by atoms with van der Waals surface area (Å²) in [4.78, 5) is 29.7. The SMILES string of the molecule is CC1CN(C(=O)CCC(C)(C)C(=O)N2CC(C)OC(C)(C)C2)CC(C)(C)O1. The molecule has 0 aromatic heterocycles. The fourth-order valence-electron chi connectivity index (χ4n) is 4.36. The summed E-state index contributed by atoms with van der Waals surface area (Å²) in [6, 6.07) is 0. The van der Waals surface area contributed by atoms with Crippen molar-refractivity contribution in [2.45, 2.75) is 91.6 Å². The Hall–Kier alpha value is -1.14. The summed E-state index contributed by atoms with van der Waals surface area (Å²) in [5.74, 6) is 0.212. The van der Waals surface area contributed by atoms with E-state index in [2.05, 4.69) is 0 Å². The van der Waals surface area contributed by atoms with E-state index in [1.165, 1.54) is 0 Å². The van der Waals surface area contributed by atoms with Crippen LogP contribution in [0, 0.1) is 5.41 Å². The Morgan fingerprint density at radius 3 is 1.85 bits per heavy atom. The van der Waals surface area contributed by atoms with Crippen LogP contribution >= 0.6 is 0 Å². The van der Waals surface area contributed by atoms with Gasteiger partial charge in [0.15, 0.2) is 0 Å². The van der Waals surface area contributed by atoms with Crippen LogP contribution in [0.1, 0.15) is 68.2 Å². The van der Waals surface area contributed by atoms with Crippen LogP contribution in [0.3, 0.4) is 0 Å². The van der Waals surface area contributed by atoms with Crippen molar-refractivity contribution in [1.82, 2.24) is 9.80 Å². The molecule has 0 spiro atoms. The monoisotopic (exact) mass is 382 g/mol. The van der Waals surface area contributed by atoms with E-state index in [1.54, 1.807) is 0 Å². The number of nitrogens with zero attached hydrogens (tertiary/aromatic N) is 2. The fourth-order valence-corrected chi connectivity index (χ4v) is 4.36. The maximum absolute atomic E-state index is 13.1. The average Bonchev–Trinajstić information content (AvgIpc) is 2.47. The van der Waals surface area contributed by atoms with Gasteiger partial charge in [-0.15, -0.1) is 0 Å². The Bertz CT molecular complexity index is 571. The van der Waals surface area contributed by atoms with Crippen molar-refractivity contribution in [3.8, 4) is 0 Å². The second kappa shape index (κ2) is 7.70. The number of amides is 2. The highest BCUT2D eigenvalue weighted by Crippen LogP contribution is 2.30. The van der Waals surface area contributed by atoms with Gasteiger partial charge in [0.05, 0.1) is 23.4 Å². The van der Waals surface area contributed by atoms with Crippen LogP contribution < -0.4 is 0 Å². The smallest absolute Gasteiger partial charge is 0.228 e. The van der Waals surface area contributed by atoms with E-state index in [-0.39, 0.29) is 35.2 Å². The van der Waals surface area contributed by atoms with E-state index in [0.717, 1.165) is 0 Å². The van der Waals surface area contributed by atoms with Crippen molar-refractivity contribution < 1.29 is 19.1 Å². The number of morpholine rings is 2. The van der Waals surface area contributed by atoms with Crippen LogP contribution in [0.2, 0.25) is 0 Å². The first kappa shape index (κ1) is 22.2. The highest BCUT2D eigenvalue weighted by molar-refractivity contribution is 5.83. The average molecular weight is 383 g/mol. The summed E-state index contributed by atoms with van der Waals surface area (Å²) in [5.41, 5.74) is -1.24. The minimum atomic E-state index is -0.573. The molecule has 2 heterocycles. The molecular formula is C21H38N2O4. The quantitative estimate of drug-likeness (QED) is 0.750. The van der Waals surface area contributed by atoms with E-state index >= 15 is 0 Å². The normalized spacial score (nSPS) is 28.1. The Kier molecular flexibility index (Phi) is 6.32. The maximum Gasteiger partial charge on any atom is 0.228 e. The van der Waals surface area contributed by atoms with Gasteiger partial charge >= 0.3 is 0 Å². The van der Waals surface area contributed by atoms with Crippen molar-refractivity contribution in [3.63, 3.8) is 0 Å². The zero-order valence-corrected chi connectivity index (χ0v) is 18.4. The Balaban J connectivity index is 1.95. The molecule has 2 atom stereocenters. The minimum absolute atomic E-state index is 0.0206. The van der Waals surface area contributed by atoms with Crippen molar-refractivity contribution in [2.24, 2.45) is 5.41 Å². The number of ether oxygens (including phenoxy) is 2. The van der Waals surface area contributed by atoms with E-state index in [0.29, 0.717) is 39.0 Å². The summed E-state index contributed by atoms with van der Waals surface area (Å²) in [6.07, 6.45) is 0.977. The number of carbonyl (C=O) groups is 2. The zero-order valence-electron chi connectivity index (χ0n) is 18.4. The van der Waals surface area contributed by atoms with Gasteiger partial charge in [-0.3, -0.25) is 9.59 Å². The molecule has 6 heteroatoms. The lowest BCUT2D eigenvalue weighted by Gasteiger charge is -2.44. The van der Waals surface area contributed by atoms with Crippen LogP contribution in [0.25, 0.3) is 0 Å². The van der Waals surface area contributed by atoms with Gasteiger partial charge in [0.2, 0.25) is 11.8 Å². The van der Waals surface area contributed by atoms with Gasteiger partial charge in [-0.05, 0) is 48.0 Å². The summed E-state index contributed by atoms with van der Waals surface area (Å²) in [7, 11) is 0. The van der Waals surface area contributed by atoms with Gasteiger partial charge in [0, 0.05) is 38.0 Å². The first-order valence-corrected chi connectivity index (χ1v) is 10.1. The van der Waals surface area contributed by atoms with Crippen LogP contribution in [0.4, 0.5) is 0 Å². The standard InChI is InChI=1S/C21H38N2O4/c1-15-11-22(13-20(5,6)26-15)17(24)9-10-19(3,4)18(25)23-12-16(2)27-21(7,8)14-23/h15-16H,9-14H2,1-8H3. The summed E-state index contributed by atoms with van der Waals surface area (Å²) < 4.78 is 11.8. The van der Waals surface area contributed by atoms with Crippen molar-refractivity contribution >= 4 is 11.8 Å². The van der Waals surface area contributed by atoms with Crippen LogP contribution in [-0.4, -0.2) is 71.2 Å². The molecule has 2 fully saturated rings. The highest BCUT2D eigenvalue weighted by Gasteiger charge is 2.40. The molecule has 0 bridgehead atoms. The largest absolute Gasteiger partial charge is 0.369 e. The molecule has 2 aliphatic rings. The predicted octanol–water partition coefficient (Wildman–Crippen LogP) is 2.84.